The Labute approximate surface area is 167 Å². The molecule has 2 saturated carbocycles. The van der Waals surface area contributed by atoms with Crippen LogP contribution >= 0.6 is 11.3 Å². The topological polar surface area (TPSA) is 63.6 Å². The third-order valence-electron chi connectivity index (χ3n) is 6.02. The average Bonchev–Trinajstić information content (AvgIpc) is 3.58. The van der Waals surface area contributed by atoms with Crippen LogP contribution < -0.4 is 5.63 Å². The van der Waals surface area contributed by atoms with Gasteiger partial charge in [-0.15, -0.1) is 11.3 Å². The fraction of sp³-hybridized carbons (Fsp3) is 0.435. The Bertz CT molecular complexity index is 1020. The summed E-state index contributed by atoms with van der Waals surface area (Å²) in [7, 11) is 0. The summed E-state index contributed by atoms with van der Waals surface area (Å²) >= 11 is 1.70. The molecule has 0 bridgehead atoms. The normalized spacial score (nSPS) is 18.9. The average molecular weight is 397 g/mol. The largest absolute Gasteiger partial charge is 0.507 e. The van der Waals surface area contributed by atoms with Crippen LogP contribution in [0.2, 0.25) is 0 Å². The molecule has 5 rings (SSSR count). The van der Waals surface area contributed by atoms with Crippen LogP contribution in [0, 0.1) is 18.8 Å². The van der Waals surface area contributed by atoms with Crippen LogP contribution in [-0.4, -0.2) is 5.11 Å². The van der Waals surface area contributed by atoms with Crippen molar-refractivity contribution in [3.8, 4) is 5.75 Å². The van der Waals surface area contributed by atoms with Crippen LogP contribution in [0.25, 0.3) is 0 Å². The van der Waals surface area contributed by atoms with Crippen molar-refractivity contribution in [3.05, 3.63) is 73.9 Å². The van der Waals surface area contributed by atoms with Crippen LogP contribution in [-0.2, 0) is 6.42 Å². The van der Waals surface area contributed by atoms with Gasteiger partial charge in [0.05, 0.1) is 11.8 Å². The highest BCUT2D eigenvalue weighted by molar-refractivity contribution is 7.12. The van der Waals surface area contributed by atoms with Crippen LogP contribution in [0.1, 0.15) is 64.4 Å². The van der Waals surface area contributed by atoms with E-state index in [-0.39, 0.29) is 23.2 Å². The molecule has 0 aromatic carbocycles. The predicted octanol–water partition coefficient (Wildman–Crippen LogP) is 5.59. The molecule has 28 heavy (non-hydrogen) atoms. The van der Waals surface area contributed by atoms with Crippen molar-refractivity contribution in [2.45, 2.75) is 50.9 Å². The Morgan fingerprint density at radius 1 is 1.18 bits per heavy atom. The molecule has 3 heterocycles. The lowest BCUT2D eigenvalue weighted by molar-refractivity contribution is 0.359. The highest BCUT2D eigenvalue weighted by Crippen LogP contribution is 2.50. The van der Waals surface area contributed by atoms with E-state index in [2.05, 4.69) is 19.1 Å². The number of thiophene rings is 1. The molecular formula is C23H24O4S. The minimum absolute atomic E-state index is 0.0616. The SMILES string of the molecule is Cc1ccc(C(c2c(O)cc(C(Cc3ccco3)C3CC3)oc2=O)C2CC2)s1. The fourth-order valence-corrected chi connectivity index (χ4v) is 5.36. The van der Waals surface area contributed by atoms with E-state index < -0.39 is 0 Å². The fourth-order valence-electron chi connectivity index (χ4n) is 4.28. The molecule has 0 amide bonds. The van der Waals surface area contributed by atoms with Crippen molar-refractivity contribution in [2.75, 3.05) is 0 Å². The molecule has 0 radical (unpaired) electrons. The van der Waals surface area contributed by atoms with Crippen LogP contribution in [0.15, 0.2) is 50.2 Å². The first-order valence-electron chi connectivity index (χ1n) is 10.1. The van der Waals surface area contributed by atoms with Crippen molar-refractivity contribution < 1.29 is 13.9 Å². The third-order valence-corrected chi connectivity index (χ3v) is 7.10. The molecule has 1 N–H and O–H groups in total. The van der Waals surface area contributed by atoms with Gasteiger partial charge < -0.3 is 13.9 Å². The summed E-state index contributed by atoms with van der Waals surface area (Å²) in [6, 6.07) is 9.68. The van der Waals surface area contributed by atoms with Crippen LogP contribution in [0.4, 0.5) is 0 Å². The number of furan rings is 1. The molecule has 2 aliphatic carbocycles. The molecule has 0 spiro atoms. The van der Waals surface area contributed by atoms with Crippen molar-refractivity contribution in [2.24, 2.45) is 11.8 Å². The quantitative estimate of drug-likeness (QED) is 0.566. The monoisotopic (exact) mass is 396 g/mol. The molecule has 3 aromatic heterocycles. The van der Waals surface area contributed by atoms with Gasteiger partial charge in [0.25, 0.3) is 0 Å². The summed E-state index contributed by atoms with van der Waals surface area (Å²) < 4.78 is 11.3. The second-order valence-electron chi connectivity index (χ2n) is 8.23. The first-order chi connectivity index (χ1) is 13.6. The van der Waals surface area contributed by atoms with Gasteiger partial charge in [-0.25, -0.2) is 4.79 Å². The smallest absolute Gasteiger partial charge is 0.343 e. The summed E-state index contributed by atoms with van der Waals surface area (Å²) in [4.78, 5) is 15.4. The van der Waals surface area contributed by atoms with Gasteiger partial charge in [0.2, 0.25) is 0 Å². The summed E-state index contributed by atoms with van der Waals surface area (Å²) in [5.41, 5.74) is 0.0451. The van der Waals surface area contributed by atoms with Crippen molar-refractivity contribution in [1.29, 1.82) is 0 Å². The predicted molar refractivity (Wildman–Crippen MR) is 108 cm³/mol. The Morgan fingerprint density at radius 3 is 2.54 bits per heavy atom. The molecule has 4 nitrogen and oxygen atoms in total. The molecule has 2 atom stereocenters. The standard InChI is InChI=1S/C23H24O4S/c1-13-4-9-20(28-13)21(15-7-8-15)22-18(24)12-19(27-23(22)25)17(14-5-6-14)11-16-3-2-10-26-16/h2-4,9-10,12,14-15,17,21,24H,5-8,11H2,1H3. The van der Waals surface area contributed by atoms with E-state index in [1.807, 2.05) is 12.1 Å². The highest BCUT2D eigenvalue weighted by Gasteiger charge is 2.40. The van der Waals surface area contributed by atoms with Gasteiger partial charge in [0.1, 0.15) is 17.3 Å². The van der Waals surface area contributed by atoms with Gasteiger partial charge in [-0.1, -0.05) is 0 Å². The van der Waals surface area contributed by atoms with Gasteiger partial charge in [-0.2, -0.15) is 0 Å². The summed E-state index contributed by atoms with van der Waals surface area (Å²) in [5, 5.41) is 10.9. The van der Waals surface area contributed by atoms with Crippen LogP contribution in [0.5, 0.6) is 5.75 Å². The van der Waals surface area contributed by atoms with E-state index in [1.54, 1.807) is 23.7 Å². The van der Waals surface area contributed by atoms with E-state index >= 15 is 0 Å². The molecule has 2 unspecified atom stereocenters. The number of hydrogen-bond donors (Lipinski definition) is 1. The van der Waals surface area contributed by atoms with E-state index in [1.165, 1.54) is 4.88 Å². The molecule has 146 valence electrons. The van der Waals surface area contributed by atoms with E-state index in [4.69, 9.17) is 8.83 Å². The van der Waals surface area contributed by atoms with E-state index in [0.29, 0.717) is 29.6 Å². The van der Waals surface area contributed by atoms with Crippen molar-refractivity contribution in [3.63, 3.8) is 0 Å². The third kappa shape index (κ3) is 3.44. The Hall–Kier alpha value is -2.27. The minimum atomic E-state index is -0.386. The molecule has 2 aliphatic rings. The van der Waals surface area contributed by atoms with Gasteiger partial charge in [0, 0.05) is 34.1 Å². The number of aromatic hydroxyl groups is 1. The maximum Gasteiger partial charge on any atom is 0.343 e. The molecular weight excluding hydrogens is 372 g/mol. The first-order valence-corrected chi connectivity index (χ1v) is 10.9. The lowest BCUT2D eigenvalue weighted by atomic mass is 9.91. The maximum atomic E-state index is 13.0. The zero-order valence-corrected chi connectivity index (χ0v) is 16.7. The number of aryl methyl sites for hydroxylation is 1. The second-order valence-corrected chi connectivity index (χ2v) is 9.55. The van der Waals surface area contributed by atoms with Crippen molar-refractivity contribution >= 4 is 11.3 Å². The van der Waals surface area contributed by atoms with Gasteiger partial charge in [-0.3, -0.25) is 0 Å². The molecule has 2 fully saturated rings. The molecule has 0 aliphatic heterocycles. The maximum absolute atomic E-state index is 13.0. The molecule has 5 heteroatoms. The zero-order valence-electron chi connectivity index (χ0n) is 15.9. The van der Waals surface area contributed by atoms with Gasteiger partial charge in [0.15, 0.2) is 0 Å². The summed E-state index contributed by atoms with van der Waals surface area (Å²) in [6.45, 7) is 2.07. The Balaban J connectivity index is 1.52. The lowest BCUT2D eigenvalue weighted by Crippen LogP contribution is -2.17. The Morgan fingerprint density at radius 2 is 1.96 bits per heavy atom. The number of hydrogen-bond acceptors (Lipinski definition) is 5. The van der Waals surface area contributed by atoms with Gasteiger partial charge in [-0.05, 0) is 68.7 Å². The first kappa shape index (κ1) is 17.8. The molecule has 3 aromatic rings. The van der Waals surface area contributed by atoms with E-state index in [9.17, 15) is 9.90 Å². The summed E-state index contributed by atoms with van der Waals surface area (Å²) in [6.07, 6.45) is 6.78. The van der Waals surface area contributed by atoms with Gasteiger partial charge >= 0.3 is 5.63 Å². The second kappa shape index (κ2) is 6.96. The highest BCUT2D eigenvalue weighted by atomic mass is 32.1. The number of rotatable bonds is 7. The van der Waals surface area contributed by atoms with Crippen LogP contribution in [0.3, 0.4) is 0 Å². The Kier molecular flexibility index (Phi) is 4.43. The molecule has 0 saturated heterocycles. The van der Waals surface area contributed by atoms with E-state index in [0.717, 1.165) is 36.3 Å². The zero-order chi connectivity index (χ0) is 19.3. The minimum Gasteiger partial charge on any atom is -0.507 e. The lowest BCUT2D eigenvalue weighted by Gasteiger charge is -2.18. The van der Waals surface area contributed by atoms with Crippen molar-refractivity contribution in [1.82, 2.24) is 0 Å². The summed E-state index contributed by atoms with van der Waals surface area (Å²) in [5.74, 6) is 2.46.